The summed E-state index contributed by atoms with van der Waals surface area (Å²) in [5.74, 6) is 0.799. The summed E-state index contributed by atoms with van der Waals surface area (Å²) in [4.78, 5) is 14.2. The molecular weight excluding hydrogens is 240 g/mol. The van der Waals surface area contributed by atoms with E-state index in [0.717, 1.165) is 44.8 Å². The van der Waals surface area contributed by atoms with Crippen LogP contribution < -0.4 is 16.0 Å². The maximum absolute atomic E-state index is 11.7. The third kappa shape index (κ3) is 4.08. The van der Waals surface area contributed by atoms with Gasteiger partial charge in [0.2, 0.25) is 0 Å². The molecule has 2 amide bonds. The van der Waals surface area contributed by atoms with Gasteiger partial charge < -0.3 is 20.9 Å². The number of hydrogen-bond donors (Lipinski definition) is 3. The molecule has 1 saturated carbocycles. The van der Waals surface area contributed by atoms with Gasteiger partial charge in [-0.2, -0.15) is 0 Å². The molecule has 0 spiro atoms. The Hall–Kier alpha value is -0.810. The third-order valence-electron chi connectivity index (χ3n) is 4.44. The number of likely N-dealkylation sites (tertiary alicyclic amines) is 1. The van der Waals surface area contributed by atoms with Crippen LogP contribution in [0.15, 0.2) is 0 Å². The predicted octanol–water partition coefficient (Wildman–Crippen LogP) is 0.522. The van der Waals surface area contributed by atoms with Gasteiger partial charge in [-0.05, 0) is 51.1 Å². The van der Waals surface area contributed by atoms with Crippen molar-refractivity contribution in [1.82, 2.24) is 20.9 Å². The van der Waals surface area contributed by atoms with Crippen LogP contribution in [0.25, 0.3) is 0 Å². The number of urea groups is 1. The molecule has 2 aliphatic heterocycles. The summed E-state index contributed by atoms with van der Waals surface area (Å²) in [6, 6.07) is 0.829. The molecule has 0 radical (unpaired) electrons. The molecule has 3 aliphatic rings. The highest BCUT2D eigenvalue weighted by atomic mass is 16.2. The Morgan fingerprint density at radius 3 is 2.74 bits per heavy atom. The van der Waals surface area contributed by atoms with Crippen LogP contribution in [0.3, 0.4) is 0 Å². The Morgan fingerprint density at radius 2 is 2.00 bits per heavy atom. The third-order valence-corrected chi connectivity index (χ3v) is 4.44. The van der Waals surface area contributed by atoms with Crippen molar-refractivity contribution in [2.75, 3.05) is 32.7 Å². The van der Waals surface area contributed by atoms with Crippen molar-refractivity contribution >= 4 is 6.03 Å². The number of nitrogens with one attached hydrogen (secondary N) is 3. The minimum absolute atomic E-state index is 0.0358. The second kappa shape index (κ2) is 6.09. The van der Waals surface area contributed by atoms with Gasteiger partial charge in [-0.25, -0.2) is 4.79 Å². The van der Waals surface area contributed by atoms with Crippen LogP contribution in [0.1, 0.15) is 32.1 Å². The van der Waals surface area contributed by atoms with Crippen LogP contribution in [0.4, 0.5) is 4.79 Å². The number of rotatable bonds is 4. The minimum atomic E-state index is 0.0358. The van der Waals surface area contributed by atoms with Gasteiger partial charge in [0.05, 0.1) is 0 Å². The van der Waals surface area contributed by atoms with Gasteiger partial charge in [-0.3, -0.25) is 0 Å². The molecule has 2 unspecified atom stereocenters. The zero-order valence-electron chi connectivity index (χ0n) is 11.7. The van der Waals surface area contributed by atoms with Gasteiger partial charge in [0.15, 0.2) is 0 Å². The topological polar surface area (TPSA) is 56.4 Å². The zero-order chi connectivity index (χ0) is 13.1. The number of hydrogen-bond acceptors (Lipinski definition) is 3. The first-order valence-corrected chi connectivity index (χ1v) is 7.80. The zero-order valence-corrected chi connectivity index (χ0v) is 11.7. The van der Waals surface area contributed by atoms with Gasteiger partial charge in [-0.15, -0.1) is 0 Å². The molecule has 1 aliphatic carbocycles. The van der Waals surface area contributed by atoms with Crippen LogP contribution in [-0.4, -0.2) is 55.7 Å². The molecule has 0 aromatic rings. The first-order chi connectivity index (χ1) is 9.29. The van der Waals surface area contributed by atoms with E-state index < -0.39 is 0 Å². The summed E-state index contributed by atoms with van der Waals surface area (Å²) in [6.07, 6.45) is 6.06. The van der Waals surface area contributed by atoms with Crippen molar-refractivity contribution in [2.24, 2.45) is 5.92 Å². The Labute approximate surface area is 115 Å². The normalized spacial score (nSPS) is 32.2. The number of nitrogens with zero attached hydrogens (tertiary/aromatic N) is 1. The van der Waals surface area contributed by atoms with Crippen LogP contribution in [-0.2, 0) is 0 Å². The molecule has 3 rings (SSSR count). The number of carbonyl (C=O) groups is 1. The van der Waals surface area contributed by atoms with Gasteiger partial charge in [0, 0.05) is 31.7 Å². The highest BCUT2D eigenvalue weighted by Gasteiger charge is 2.28. The Morgan fingerprint density at radius 1 is 1.16 bits per heavy atom. The van der Waals surface area contributed by atoms with Crippen LogP contribution >= 0.6 is 0 Å². The van der Waals surface area contributed by atoms with E-state index in [2.05, 4.69) is 20.9 Å². The number of carbonyl (C=O) groups excluding carboxylic acids is 1. The SMILES string of the molecule is O=C(NC1CC1)NC1CCN(CC2CCCNC2)C1. The van der Waals surface area contributed by atoms with Gasteiger partial charge >= 0.3 is 6.03 Å². The van der Waals surface area contributed by atoms with Crippen molar-refractivity contribution in [3.8, 4) is 0 Å². The maximum Gasteiger partial charge on any atom is 0.315 e. The largest absolute Gasteiger partial charge is 0.335 e. The highest BCUT2D eigenvalue weighted by molar-refractivity contribution is 5.74. The molecule has 5 nitrogen and oxygen atoms in total. The van der Waals surface area contributed by atoms with Gasteiger partial charge in [0.25, 0.3) is 0 Å². The fraction of sp³-hybridized carbons (Fsp3) is 0.929. The molecule has 108 valence electrons. The Kier molecular flexibility index (Phi) is 4.23. The predicted molar refractivity (Wildman–Crippen MR) is 75.1 cm³/mol. The summed E-state index contributed by atoms with van der Waals surface area (Å²) in [7, 11) is 0. The molecule has 0 aromatic carbocycles. The molecule has 0 aromatic heterocycles. The van der Waals surface area contributed by atoms with Crippen LogP contribution in [0.2, 0.25) is 0 Å². The lowest BCUT2D eigenvalue weighted by Gasteiger charge is -2.27. The van der Waals surface area contributed by atoms with E-state index in [0.29, 0.717) is 12.1 Å². The van der Waals surface area contributed by atoms with E-state index >= 15 is 0 Å². The van der Waals surface area contributed by atoms with Crippen molar-refractivity contribution < 1.29 is 4.79 Å². The summed E-state index contributed by atoms with van der Waals surface area (Å²) >= 11 is 0. The van der Waals surface area contributed by atoms with Crippen molar-refractivity contribution in [1.29, 1.82) is 0 Å². The first kappa shape index (κ1) is 13.2. The van der Waals surface area contributed by atoms with Crippen molar-refractivity contribution in [2.45, 2.75) is 44.2 Å². The second-order valence-electron chi connectivity index (χ2n) is 6.35. The number of piperidine rings is 1. The summed E-state index contributed by atoms with van der Waals surface area (Å²) in [6.45, 7) is 5.69. The van der Waals surface area contributed by atoms with E-state index in [1.807, 2.05) is 0 Å². The van der Waals surface area contributed by atoms with E-state index in [9.17, 15) is 4.79 Å². The lowest BCUT2D eigenvalue weighted by Crippen LogP contribution is -2.44. The molecule has 2 heterocycles. The second-order valence-corrected chi connectivity index (χ2v) is 6.35. The molecule has 2 saturated heterocycles. The van der Waals surface area contributed by atoms with E-state index in [-0.39, 0.29) is 6.03 Å². The van der Waals surface area contributed by atoms with Crippen LogP contribution in [0, 0.1) is 5.92 Å². The molecule has 3 N–H and O–H groups in total. The molecule has 3 fully saturated rings. The standard InChI is InChI=1S/C14H26N4O/c19-14(16-12-3-4-12)17-13-5-7-18(10-13)9-11-2-1-6-15-8-11/h11-13,15H,1-10H2,(H2,16,17,19). The summed E-state index contributed by atoms with van der Waals surface area (Å²) in [5.41, 5.74) is 0. The van der Waals surface area contributed by atoms with Crippen LogP contribution in [0.5, 0.6) is 0 Å². The summed E-state index contributed by atoms with van der Waals surface area (Å²) in [5, 5.41) is 9.58. The first-order valence-electron chi connectivity index (χ1n) is 7.80. The van der Waals surface area contributed by atoms with Gasteiger partial charge in [-0.1, -0.05) is 0 Å². The van der Waals surface area contributed by atoms with Gasteiger partial charge in [0.1, 0.15) is 0 Å². The highest BCUT2D eigenvalue weighted by Crippen LogP contribution is 2.19. The monoisotopic (exact) mass is 266 g/mol. The average Bonchev–Trinajstić information content (AvgIpc) is 3.11. The minimum Gasteiger partial charge on any atom is -0.335 e. The lowest BCUT2D eigenvalue weighted by atomic mass is 9.99. The fourth-order valence-electron chi connectivity index (χ4n) is 3.20. The fourth-order valence-corrected chi connectivity index (χ4v) is 3.20. The molecule has 19 heavy (non-hydrogen) atoms. The van der Waals surface area contributed by atoms with E-state index in [1.165, 1.54) is 25.9 Å². The quantitative estimate of drug-likeness (QED) is 0.695. The van der Waals surface area contributed by atoms with E-state index in [4.69, 9.17) is 0 Å². The smallest absolute Gasteiger partial charge is 0.315 e. The summed E-state index contributed by atoms with van der Waals surface area (Å²) < 4.78 is 0. The van der Waals surface area contributed by atoms with Crippen molar-refractivity contribution in [3.05, 3.63) is 0 Å². The number of amides is 2. The molecular formula is C14H26N4O. The molecule has 5 heteroatoms. The molecule has 0 bridgehead atoms. The van der Waals surface area contributed by atoms with E-state index in [1.54, 1.807) is 0 Å². The van der Waals surface area contributed by atoms with Crippen molar-refractivity contribution in [3.63, 3.8) is 0 Å². The maximum atomic E-state index is 11.7. The average molecular weight is 266 g/mol. The Bertz CT molecular complexity index is 313. The lowest BCUT2D eigenvalue weighted by molar-refractivity contribution is 0.229. The molecule has 2 atom stereocenters. The Balaban J connectivity index is 1.35.